The molecule has 1 aliphatic rings. The number of H-pyrrole nitrogens is 1. The molecular formula is C29H35N5O5S. The topological polar surface area (TPSA) is 130 Å². The van der Waals surface area contributed by atoms with E-state index >= 15 is 0 Å². The number of aliphatic hydroxyl groups is 1. The molecule has 10 nitrogen and oxygen atoms in total. The molecule has 2 N–H and O–H groups in total. The SMILES string of the molecule is CCOc1ccc(S(=O)(=O)N(Cc2ccccc2)CC(C)O)cc1-c1nn2c(C3CCCC3)nc(C)c2c(=O)[nH]1. The summed E-state index contributed by atoms with van der Waals surface area (Å²) in [6.07, 6.45) is 3.31. The lowest BCUT2D eigenvalue weighted by atomic mass is 10.1. The molecule has 0 spiro atoms. The van der Waals surface area contributed by atoms with Gasteiger partial charge >= 0.3 is 0 Å². The van der Waals surface area contributed by atoms with Crippen molar-refractivity contribution in [3.8, 4) is 17.1 Å². The number of aromatic amines is 1. The van der Waals surface area contributed by atoms with Gasteiger partial charge in [0.15, 0.2) is 11.3 Å². The van der Waals surface area contributed by atoms with Crippen molar-refractivity contribution in [3.05, 3.63) is 76.0 Å². The Bertz CT molecular complexity index is 1660. The molecule has 1 saturated carbocycles. The molecule has 2 heterocycles. The highest BCUT2D eigenvalue weighted by atomic mass is 32.2. The van der Waals surface area contributed by atoms with Crippen LogP contribution in [0.25, 0.3) is 16.9 Å². The number of fused-ring (bicyclic) bond motifs is 1. The lowest BCUT2D eigenvalue weighted by Crippen LogP contribution is -2.36. The number of nitrogens with zero attached hydrogens (tertiary/aromatic N) is 4. The van der Waals surface area contributed by atoms with Crippen LogP contribution in [0.3, 0.4) is 0 Å². The average Bonchev–Trinajstić information content (AvgIpc) is 3.57. The summed E-state index contributed by atoms with van der Waals surface area (Å²) in [7, 11) is -4.05. The van der Waals surface area contributed by atoms with Crippen molar-refractivity contribution >= 4 is 15.5 Å². The summed E-state index contributed by atoms with van der Waals surface area (Å²) in [5.41, 5.74) is 1.79. The summed E-state index contributed by atoms with van der Waals surface area (Å²) in [6, 6.07) is 13.8. The van der Waals surface area contributed by atoms with Crippen molar-refractivity contribution in [1.29, 1.82) is 0 Å². The van der Waals surface area contributed by atoms with Gasteiger partial charge in [0.25, 0.3) is 5.56 Å². The molecule has 1 unspecified atom stereocenters. The lowest BCUT2D eigenvalue weighted by molar-refractivity contribution is 0.161. The number of nitrogens with one attached hydrogen (secondary N) is 1. The van der Waals surface area contributed by atoms with Crippen molar-refractivity contribution in [1.82, 2.24) is 23.9 Å². The van der Waals surface area contributed by atoms with E-state index in [4.69, 9.17) is 14.8 Å². The Morgan fingerprint density at radius 2 is 1.90 bits per heavy atom. The molecule has 11 heteroatoms. The number of aryl methyl sites for hydroxylation is 1. The fourth-order valence-electron chi connectivity index (χ4n) is 5.38. The van der Waals surface area contributed by atoms with Crippen LogP contribution in [0.1, 0.15) is 62.5 Å². The molecule has 1 fully saturated rings. The second kappa shape index (κ2) is 11.5. The maximum Gasteiger partial charge on any atom is 0.277 e. The second-order valence-corrected chi connectivity index (χ2v) is 12.3. The Hall–Kier alpha value is -3.54. The van der Waals surface area contributed by atoms with Crippen LogP contribution >= 0.6 is 0 Å². The molecule has 212 valence electrons. The summed E-state index contributed by atoms with van der Waals surface area (Å²) in [5, 5.41) is 14.9. The van der Waals surface area contributed by atoms with Gasteiger partial charge in [-0.3, -0.25) is 4.79 Å². The Morgan fingerprint density at radius 1 is 1.18 bits per heavy atom. The molecule has 2 aromatic heterocycles. The fraction of sp³-hybridized carbons (Fsp3) is 0.414. The Morgan fingerprint density at radius 3 is 2.58 bits per heavy atom. The molecule has 0 saturated heterocycles. The Labute approximate surface area is 233 Å². The largest absolute Gasteiger partial charge is 0.493 e. The van der Waals surface area contributed by atoms with Crippen molar-refractivity contribution in [2.24, 2.45) is 0 Å². The first-order chi connectivity index (χ1) is 19.2. The lowest BCUT2D eigenvalue weighted by Gasteiger charge is -2.24. The van der Waals surface area contributed by atoms with Crippen molar-refractivity contribution in [2.75, 3.05) is 13.2 Å². The van der Waals surface area contributed by atoms with Gasteiger partial charge in [0.05, 0.1) is 28.9 Å². The molecule has 0 bridgehead atoms. The molecule has 1 atom stereocenters. The molecule has 2 aromatic carbocycles. The Balaban J connectivity index is 1.63. The molecule has 40 heavy (non-hydrogen) atoms. The minimum Gasteiger partial charge on any atom is -0.493 e. The first-order valence-corrected chi connectivity index (χ1v) is 15.1. The summed E-state index contributed by atoms with van der Waals surface area (Å²) < 4.78 is 36.5. The van der Waals surface area contributed by atoms with E-state index in [9.17, 15) is 18.3 Å². The van der Waals surface area contributed by atoms with Crippen molar-refractivity contribution in [2.45, 2.75) is 69.9 Å². The molecule has 1 aliphatic carbocycles. The van der Waals surface area contributed by atoms with Crippen molar-refractivity contribution in [3.63, 3.8) is 0 Å². The number of benzene rings is 2. The fourth-order valence-corrected chi connectivity index (χ4v) is 6.91. The van der Waals surface area contributed by atoms with E-state index < -0.39 is 16.1 Å². The quantitative estimate of drug-likeness (QED) is 0.297. The predicted molar refractivity (Wildman–Crippen MR) is 152 cm³/mol. The van der Waals surface area contributed by atoms with E-state index in [1.54, 1.807) is 24.4 Å². The molecular weight excluding hydrogens is 530 g/mol. The van der Waals surface area contributed by atoms with Gasteiger partial charge in [0, 0.05) is 19.0 Å². The molecule has 0 aliphatic heterocycles. The van der Waals surface area contributed by atoms with E-state index in [-0.39, 0.29) is 35.3 Å². The minimum absolute atomic E-state index is 0.00288. The van der Waals surface area contributed by atoms with Crippen LogP contribution in [0.4, 0.5) is 0 Å². The smallest absolute Gasteiger partial charge is 0.277 e. The van der Waals surface area contributed by atoms with E-state index in [1.165, 1.54) is 16.4 Å². The van der Waals surface area contributed by atoms with Crippen LogP contribution in [0, 0.1) is 6.92 Å². The van der Waals surface area contributed by atoms with Gasteiger partial charge in [-0.25, -0.2) is 17.9 Å². The minimum atomic E-state index is -4.05. The highest BCUT2D eigenvalue weighted by molar-refractivity contribution is 7.89. The van der Waals surface area contributed by atoms with Gasteiger partial charge in [0.2, 0.25) is 10.0 Å². The summed E-state index contributed by atoms with van der Waals surface area (Å²) in [4.78, 5) is 20.8. The predicted octanol–water partition coefficient (Wildman–Crippen LogP) is 4.02. The number of imidazole rings is 1. The van der Waals surface area contributed by atoms with Crippen LogP contribution in [0.2, 0.25) is 0 Å². The monoisotopic (exact) mass is 565 g/mol. The van der Waals surface area contributed by atoms with Gasteiger partial charge in [0.1, 0.15) is 11.6 Å². The van der Waals surface area contributed by atoms with Crippen LogP contribution in [-0.4, -0.2) is 56.7 Å². The van der Waals surface area contributed by atoms with Gasteiger partial charge in [-0.1, -0.05) is 43.2 Å². The standard InChI is InChI=1S/C29H35N5O5S/c1-4-39-25-15-14-23(40(37,38)33(17-19(2)35)18-21-10-6-5-7-11-21)16-24(25)27-31-29(36)26-20(3)30-28(34(26)32-27)22-12-8-9-13-22/h5-7,10-11,14-16,19,22,35H,4,8-9,12-13,17-18H2,1-3H3,(H,31,32,36). The summed E-state index contributed by atoms with van der Waals surface area (Å²) in [5.74, 6) is 1.56. The Kier molecular flexibility index (Phi) is 8.07. The number of sulfonamides is 1. The van der Waals surface area contributed by atoms with Crippen LogP contribution in [0.15, 0.2) is 58.2 Å². The zero-order valence-electron chi connectivity index (χ0n) is 23.0. The maximum atomic E-state index is 13.9. The second-order valence-electron chi connectivity index (χ2n) is 10.3. The molecule has 4 aromatic rings. The third-order valence-electron chi connectivity index (χ3n) is 7.23. The highest BCUT2D eigenvalue weighted by Gasteiger charge is 2.29. The third-order valence-corrected chi connectivity index (χ3v) is 9.04. The van der Waals surface area contributed by atoms with Crippen LogP contribution in [-0.2, 0) is 16.6 Å². The van der Waals surface area contributed by atoms with E-state index in [0.29, 0.717) is 29.1 Å². The maximum absolute atomic E-state index is 13.9. The zero-order chi connectivity index (χ0) is 28.4. The van der Waals surface area contributed by atoms with Gasteiger partial charge in [-0.15, -0.1) is 5.10 Å². The van der Waals surface area contributed by atoms with E-state index in [2.05, 4.69) is 4.98 Å². The van der Waals surface area contributed by atoms with E-state index in [0.717, 1.165) is 37.1 Å². The zero-order valence-corrected chi connectivity index (χ0v) is 23.8. The number of ether oxygens (including phenoxy) is 1. The van der Waals surface area contributed by atoms with Gasteiger partial charge in [-0.2, -0.15) is 4.31 Å². The van der Waals surface area contributed by atoms with Gasteiger partial charge in [-0.05, 0) is 57.4 Å². The van der Waals surface area contributed by atoms with Crippen LogP contribution in [0.5, 0.6) is 5.75 Å². The molecule has 0 amide bonds. The first-order valence-electron chi connectivity index (χ1n) is 13.7. The van der Waals surface area contributed by atoms with Crippen LogP contribution < -0.4 is 10.3 Å². The normalized spacial score (nSPS) is 15.2. The summed E-state index contributed by atoms with van der Waals surface area (Å²) in [6.45, 7) is 5.53. The van der Waals surface area contributed by atoms with Crippen molar-refractivity contribution < 1.29 is 18.3 Å². The van der Waals surface area contributed by atoms with Gasteiger partial charge < -0.3 is 14.8 Å². The molecule has 0 radical (unpaired) electrons. The first kappa shape index (κ1) is 28.0. The van der Waals surface area contributed by atoms with E-state index in [1.807, 2.05) is 37.3 Å². The average molecular weight is 566 g/mol. The third kappa shape index (κ3) is 5.54. The number of aliphatic hydroxyl groups excluding tert-OH is 1. The number of rotatable bonds is 10. The summed E-state index contributed by atoms with van der Waals surface area (Å²) >= 11 is 0. The number of hydrogen-bond donors (Lipinski definition) is 2. The number of aromatic nitrogens is 4. The number of hydrogen-bond acceptors (Lipinski definition) is 7. The molecule has 5 rings (SSSR count). The highest BCUT2D eigenvalue weighted by Crippen LogP contribution is 2.35.